The highest BCUT2D eigenvalue weighted by Gasteiger charge is 2.39. The van der Waals surface area contributed by atoms with E-state index in [4.69, 9.17) is 14.7 Å². The zero-order valence-corrected chi connectivity index (χ0v) is 25.9. The Bertz CT molecular complexity index is 1390. The monoisotopic (exact) mass is 582 g/mol. The van der Waals surface area contributed by atoms with Crippen LogP contribution in [0.2, 0.25) is 0 Å². The lowest BCUT2D eigenvalue weighted by Gasteiger charge is -2.41. The Morgan fingerprint density at radius 1 is 1.16 bits per heavy atom. The molecule has 2 atom stereocenters. The van der Waals surface area contributed by atoms with Gasteiger partial charge in [-0.2, -0.15) is 0 Å². The summed E-state index contributed by atoms with van der Waals surface area (Å²) in [7, 11) is -3.48. The maximum atomic E-state index is 12.1. The Morgan fingerprint density at radius 2 is 1.84 bits per heavy atom. The lowest BCUT2D eigenvalue weighted by molar-refractivity contribution is -0.217. The van der Waals surface area contributed by atoms with Gasteiger partial charge in [-0.05, 0) is 60.3 Å². The largest absolute Gasteiger partial charge is 0.367 e. The molecule has 0 aliphatic rings. The Kier molecular flexibility index (Phi) is 9.42. The van der Waals surface area contributed by atoms with Gasteiger partial charge in [0, 0.05) is 24.2 Å². The average molecular weight is 583 g/mol. The molecule has 3 heterocycles. The SMILES string of the molecule is CCC([C@H](CNc1nc(SC)nc(C)c1-c1nc2c(C)nccc2s1)OC(C)(C)O)C(C)(C)NS(C)(=O)=O. The number of aromatic nitrogens is 4. The van der Waals surface area contributed by atoms with E-state index in [2.05, 4.69) is 20.0 Å². The van der Waals surface area contributed by atoms with Crippen molar-refractivity contribution < 1.29 is 18.3 Å². The van der Waals surface area contributed by atoms with E-state index in [1.165, 1.54) is 11.8 Å². The molecule has 13 heteroatoms. The molecule has 3 N–H and O–H groups in total. The molecule has 3 aromatic rings. The van der Waals surface area contributed by atoms with Gasteiger partial charge in [-0.1, -0.05) is 18.7 Å². The minimum Gasteiger partial charge on any atom is -0.367 e. The van der Waals surface area contributed by atoms with Crippen LogP contribution in [-0.2, 0) is 14.8 Å². The number of rotatable bonds is 12. The number of sulfonamides is 1. The van der Waals surface area contributed by atoms with Gasteiger partial charge in [0.05, 0.1) is 34.0 Å². The summed E-state index contributed by atoms with van der Waals surface area (Å²) in [4.78, 5) is 18.6. The molecule has 0 bridgehead atoms. The van der Waals surface area contributed by atoms with E-state index in [1.54, 1.807) is 31.4 Å². The topological polar surface area (TPSA) is 139 Å². The number of thiazole rings is 1. The van der Waals surface area contributed by atoms with E-state index in [-0.39, 0.29) is 12.5 Å². The first-order valence-electron chi connectivity index (χ1n) is 12.3. The van der Waals surface area contributed by atoms with Crippen molar-refractivity contribution in [1.29, 1.82) is 0 Å². The van der Waals surface area contributed by atoms with Gasteiger partial charge in [0.2, 0.25) is 10.0 Å². The van der Waals surface area contributed by atoms with Crippen LogP contribution < -0.4 is 10.0 Å². The lowest BCUT2D eigenvalue weighted by atomic mass is 9.81. The van der Waals surface area contributed by atoms with E-state index in [9.17, 15) is 13.5 Å². The second kappa shape index (κ2) is 11.7. The summed E-state index contributed by atoms with van der Waals surface area (Å²) < 4.78 is 34.1. The number of nitrogens with one attached hydrogen (secondary N) is 2. The first-order valence-corrected chi connectivity index (χ1v) is 16.3. The second-order valence-electron chi connectivity index (χ2n) is 10.4. The molecule has 10 nitrogen and oxygen atoms in total. The molecule has 3 aromatic heterocycles. The molecule has 0 aliphatic carbocycles. The Hall–Kier alpha value is -1.90. The lowest BCUT2D eigenvalue weighted by Crippen LogP contribution is -2.55. The van der Waals surface area contributed by atoms with E-state index < -0.39 is 27.5 Å². The van der Waals surface area contributed by atoms with Gasteiger partial charge in [-0.15, -0.1) is 11.3 Å². The molecule has 0 aliphatic heterocycles. The number of ether oxygens (including phenoxy) is 1. The molecule has 0 radical (unpaired) electrons. The van der Waals surface area contributed by atoms with E-state index in [1.807, 2.05) is 46.9 Å². The van der Waals surface area contributed by atoms with Crippen molar-refractivity contribution in [3.05, 3.63) is 23.7 Å². The molecule has 0 saturated heterocycles. The Morgan fingerprint density at radius 3 is 2.39 bits per heavy atom. The van der Waals surface area contributed by atoms with E-state index in [0.29, 0.717) is 17.4 Å². The highest BCUT2D eigenvalue weighted by atomic mass is 32.2. The van der Waals surface area contributed by atoms with E-state index in [0.717, 1.165) is 38.4 Å². The third-order valence-electron chi connectivity index (χ3n) is 6.13. The summed E-state index contributed by atoms with van der Waals surface area (Å²) in [5, 5.41) is 15.4. The van der Waals surface area contributed by atoms with Crippen LogP contribution in [0.5, 0.6) is 0 Å². The molecule has 210 valence electrons. The molecule has 0 fully saturated rings. The molecular weight excluding hydrogens is 545 g/mol. The fraction of sp³-hybridized carbons (Fsp3) is 0.600. The second-order valence-corrected chi connectivity index (χ2v) is 13.9. The van der Waals surface area contributed by atoms with Crippen LogP contribution in [0.4, 0.5) is 5.82 Å². The van der Waals surface area contributed by atoms with Crippen LogP contribution in [0.25, 0.3) is 20.8 Å². The number of nitrogens with zero attached hydrogens (tertiary/aromatic N) is 4. The molecular formula is C25H38N6O4S3. The van der Waals surface area contributed by atoms with E-state index >= 15 is 0 Å². The maximum Gasteiger partial charge on any atom is 0.209 e. The van der Waals surface area contributed by atoms with Crippen LogP contribution in [0, 0.1) is 19.8 Å². The predicted molar refractivity (Wildman–Crippen MR) is 155 cm³/mol. The zero-order valence-electron chi connectivity index (χ0n) is 23.4. The fourth-order valence-corrected chi connectivity index (χ4v) is 7.37. The van der Waals surface area contributed by atoms with Gasteiger partial charge in [0.25, 0.3) is 0 Å². The number of fused-ring (bicyclic) bond motifs is 1. The van der Waals surface area contributed by atoms with Gasteiger partial charge >= 0.3 is 0 Å². The summed E-state index contributed by atoms with van der Waals surface area (Å²) >= 11 is 2.98. The van der Waals surface area contributed by atoms with Crippen molar-refractivity contribution in [3.63, 3.8) is 0 Å². The average Bonchev–Trinajstić information content (AvgIpc) is 3.19. The van der Waals surface area contributed by atoms with Crippen LogP contribution in [0.3, 0.4) is 0 Å². The standard InChI is InChI=1S/C25H38N6O4S3/c1-10-16(24(4,5)31-38(9,33)34)17(35-25(6,7)32)13-27-21-19(14(2)28-23(30-21)36-8)22-29-20-15(3)26-12-11-18(20)37-22/h11-12,16-17,31-32H,10,13H2,1-9H3,(H,27,28,30)/t16?,17-/m0/s1. The number of thioether (sulfide) groups is 1. The maximum absolute atomic E-state index is 12.1. The summed E-state index contributed by atoms with van der Waals surface area (Å²) in [6, 6.07) is 1.94. The van der Waals surface area contributed by atoms with Crippen molar-refractivity contribution in [3.8, 4) is 10.6 Å². The molecule has 38 heavy (non-hydrogen) atoms. The van der Waals surface area contributed by atoms with Crippen LogP contribution in [-0.4, -0.2) is 69.9 Å². The molecule has 1 unspecified atom stereocenters. The smallest absolute Gasteiger partial charge is 0.209 e. The zero-order chi connectivity index (χ0) is 28.5. The molecule has 3 rings (SSSR count). The van der Waals surface area contributed by atoms with Gasteiger partial charge in [0.1, 0.15) is 16.3 Å². The Balaban J connectivity index is 2.04. The fourth-order valence-electron chi connectivity index (χ4n) is 4.74. The third-order valence-corrected chi connectivity index (χ3v) is 8.61. The molecule has 0 aromatic carbocycles. The highest BCUT2D eigenvalue weighted by Crippen LogP contribution is 2.37. The number of pyridine rings is 1. The van der Waals surface area contributed by atoms with Gasteiger partial charge < -0.3 is 15.2 Å². The number of anilines is 1. The van der Waals surface area contributed by atoms with Gasteiger partial charge in [-0.3, -0.25) is 4.98 Å². The first-order chi connectivity index (χ1) is 17.5. The number of hydrogen-bond acceptors (Lipinski definition) is 11. The minimum atomic E-state index is -3.48. The van der Waals surface area contributed by atoms with Crippen molar-refractivity contribution in [2.24, 2.45) is 5.92 Å². The predicted octanol–water partition coefficient (Wildman–Crippen LogP) is 4.37. The third kappa shape index (κ3) is 7.60. The quantitative estimate of drug-likeness (QED) is 0.160. The molecule has 0 amide bonds. The first kappa shape index (κ1) is 30.6. The minimum absolute atomic E-state index is 0.264. The summed E-state index contributed by atoms with van der Waals surface area (Å²) in [5.41, 5.74) is 2.42. The summed E-state index contributed by atoms with van der Waals surface area (Å²) in [6.07, 6.45) is 4.87. The van der Waals surface area contributed by atoms with Crippen molar-refractivity contribution in [1.82, 2.24) is 24.7 Å². The van der Waals surface area contributed by atoms with Crippen molar-refractivity contribution >= 4 is 49.2 Å². The van der Waals surface area contributed by atoms with Crippen LogP contribution in [0.15, 0.2) is 17.4 Å². The number of aliphatic hydroxyl groups is 1. The van der Waals surface area contributed by atoms with Crippen LogP contribution >= 0.6 is 23.1 Å². The normalized spacial score (nSPS) is 14.6. The van der Waals surface area contributed by atoms with Gasteiger partial charge in [0.15, 0.2) is 10.9 Å². The summed E-state index contributed by atoms with van der Waals surface area (Å²) in [6.45, 7) is 12.9. The molecule has 0 spiro atoms. The number of hydrogen-bond donors (Lipinski definition) is 3. The summed E-state index contributed by atoms with van der Waals surface area (Å²) in [5.74, 6) is -1.12. The Labute approximate surface area is 233 Å². The highest BCUT2D eigenvalue weighted by molar-refractivity contribution is 7.98. The van der Waals surface area contributed by atoms with Crippen LogP contribution in [0.1, 0.15) is 52.4 Å². The van der Waals surface area contributed by atoms with Crippen molar-refractivity contribution in [2.45, 2.75) is 77.5 Å². The number of aryl methyl sites for hydroxylation is 2. The molecule has 0 saturated carbocycles. The van der Waals surface area contributed by atoms with Gasteiger partial charge in [-0.25, -0.2) is 28.1 Å². The van der Waals surface area contributed by atoms with Crippen molar-refractivity contribution in [2.75, 3.05) is 24.4 Å².